The number of nitrogens with one attached hydrogen (secondary N) is 1. The first-order chi connectivity index (χ1) is 14.4. The highest BCUT2D eigenvalue weighted by atomic mass is 31.2. The van der Waals surface area contributed by atoms with E-state index in [2.05, 4.69) is 4.98 Å². The van der Waals surface area contributed by atoms with Gasteiger partial charge in [0.2, 0.25) is 0 Å². The Kier molecular flexibility index (Phi) is 6.93. The van der Waals surface area contributed by atoms with Crippen LogP contribution in [0, 0.1) is 11.3 Å². The standard InChI is InChI=1S/C19H29N2O9P/c1-11(2)28-16(23)12(3)7-9-26-31(25)27-10-13-15(30-31)19(4,5)17(29-13)21-8-6-14(22)20-18(21)24/h6,8,11-13,15,17H,7,9-10H2,1-5H3,(H,20,22,24)/t12?,13-,15-,17-,31+/m1/s1. The van der Waals surface area contributed by atoms with Crippen LogP contribution in [0.3, 0.4) is 0 Å². The molecule has 0 amide bonds. The van der Waals surface area contributed by atoms with Crippen LogP contribution in [0.25, 0.3) is 0 Å². The largest absolute Gasteiger partial charge is 0.475 e. The van der Waals surface area contributed by atoms with E-state index in [1.54, 1.807) is 34.6 Å². The van der Waals surface area contributed by atoms with Crippen molar-refractivity contribution in [3.8, 4) is 0 Å². The van der Waals surface area contributed by atoms with Crippen molar-refractivity contribution in [2.75, 3.05) is 13.2 Å². The highest BCUT2D eigenvalue weighted by Crippen LogP contribution is 2.60. The molecule has 1 N–H and O–H groups in total. The van der Waals surface area contributed by atoms with Crippen molar-refractivity contribution in [3.05, 3.63) is 33.1 Å². The number of ether oxygens (including phenoxy) is 2. The molecule has 1 aromatic heterocycles. The normalized spacial score (nSPS) is 30.7. The molecule has 0 spiro atoms. The summed E-state index contributed by atoms with van der Waals surface area (Å²) in [5, 5.41) is 0. The van der Waals surface area contributed by atoms with Crippen LogP contribution >= 0.6 is 7.82 Å². The Morgan fingerprint density at radius 1 is 1.35 bits per heavy atom. The Bertz CT molecular complexity index is 970. The number of aromatic nitrogens is 2. The number of phosphoric acid groups is 1. The molecule has 1 aromatic rings. The third-order valence-corrected chi connectivity index (χ3v) is 6.76. The number of H-pyrrole nitrogens is 1. The summed E-state index contributed by atoms with van der Waals surface area (Å²) in [5.74, 6) is -0.795. The first-order valence-electron chi connectivity index (χ1n) is 10.2. The zero-order valence-electron chi connectivity index (χ0n) is 18.2. The fraction of sp³-hybridized carbons (Fsp3) is 0.737. The predicted molar refractivity (Wildman–Crippen MR) is 108 cm³/mol. The van der Waals surface area contributed by atoms with Crippen LogP contribution in [0.4, 0.5) is 0 Å². The molecule has 11 nitrogen and oxygen atoms in total. The second kappa shape index (κ2) is 8.99. The van der Waals surface area contributed by atoms with Crippen molar-refractivity contribution in [2.24, 2.45) is 11.3 Å². The number of hydrogen-bond acceptors (Lipinski definition) is 9. The summed E-state index contributed by atoms with van der Waals surface area (Å²) in [5.41, 5.74) is -1.92. The van der Waals surface area contributed by atoms with E-state index in [1.807, 2.05) is 0 Å². The maximum atomic E-state index is 13.0. The molecule has 2 fully saturated rings. The Morgan fingerprint density at radius 2 is 2.06 bits per heavy atom. The molecule has 12 heteroatoms. The van der Waals surface area contributed by atoms with E-state index in [0.29, 0.717) is 0 Å². The van der Waals surface area contributed by atoms with Gasteiger partial charge < -0.3 is 9.47 Å². The van der Waals surface area contributed by atoms with Crippen molar-refractivity contribution in [1.29, 1.82) is 0 Å². The Labute approximate surface area is 179 Å². The number of rotatable bonds is 7. The molecule has 2 saturated heterocycles. The molecule has 0 bridgehead atoms. The van der Waals surface area contributed by atoms with E-state index in [4.69, 9.17) is 23.0 Å². The van der Waals surface area contributed by atoms with Crippen molar-refractivity contribution in [3.63, 3.8) is 0 Å². The van der Waals surface area contributed by atoms with E-state index < -0.39 is 48.8 Å². The summed E-state index contributed by atoms with van der Waals surface area (Å²) >= 11 is 0. The van der Waals surface area contributed by atoms with E-state index in [9.17, 15) is 18.9 Å². The van der Waals surface area contributed by atoms with Gasteiger partial charge in [-0.1, -0.05) is 20.8 Å². The van der Waals surface area contributed by atoms with Crippen molar-refractivity contribution in [1.82, 2.24) is 9.55 Å². The monoisotopic (exact) mass is 460 g/mol. The first-order valence-corrected chi connectivity index (χ1v) is 11.6. The lowest BCUT2D eigenvalue weighted by Gasteiger charge is -2.36. The lowest BCUT2D eigenvalue weighted by molar-refractivity contribution is -0.152. The fourth-order valence-corrected chi connectivity index (χ4v) is 5.15. The van der Waals surface area contributed by atoms with Crippen LogP contribution in [0.15, 0.2) is 21.9 Å². The van der Waals surface area contributed by atoms with Gasteiger partial charge in [-0.3, -0.25) is 32.7 Å². The molecule has 3 heterocycles. The zero-order valence-corrected chi connectivity index (χ0v) is 19.1. The van der Waals surface area contributed by atoms with Gasteiger partial charge in [0, 0.05) is 17.7 Å². The Hall–Kier alpha value is -1.78. The number of esters is 1. The van der Waals surface area contributed by atoms with Gasteiger partial charge in [-0.25, -0.2) is 9.36 Å². The maximum absolute atomic E-state index is 13.0. The number of hydrogen-bond donors (Lipinski definition) is 1. The summed E-state index contributed by atoms with van der Waals surface area (Å²) in [6, 6.07) is 1.22. The topological polar surface area (TPSA) is 135 Å². The lowest BCUT2D eigenvalue weighted by atomic mass is 9.84. The van der Waals surface area contributed by atoms with Crippen molar-refractivity contribution >= 4 is 13.8 Å². The van der Waals surface area contributed by atoms with Crippen molar-refractivity contribution in [2.45, 2.75) is 65.6 Å². The molecule has 2 aliphatic rings. The van der Waals surface area contributed by atoms with Crippen LogP contribution in [0.1, 0.15) is 47.3 Å². The Morgan fingerprint density at radius 3 is 2.71 bits per heavy atom. The van der Waals surface area contributed by atoms with Gasteiger partial charge in [0.15, 0.2) is 0 Å². The van der Waals surface area contributed by atoms with Gasteiger partial charge in [0.1, 0.15) is 18.4 Å². The summed E-state index contributed by atoms with van der Waals surface area (Å²) in [7, 11) is -3.89. The zero-order chi connectivity index (χ0) is 23.0. The van der Waals surface area contributed by atoms with E-state index in [1.165, 1.54) is 16.8 Å². The molecule has 5 atom stereocenters. The lowest BCUT2D eigenvalue weighted by Crippen LogP contribution is -2.42. The molecule has 0 aromatic carbocycles. The molecule has 2 aliphatic heterocycles. The smallest absolute Gasteiger partial charge is 0.463 e. The third-order valence-electron chi connectivity index (χ3n) is 5.31. The minimum atomic E-state index is -3.89. The first kappa shape index (κ1) is 23.9. The van der Waals surface area contributed by atoms with E-state index in [0.717, 1.165) is 0 Å². The van der Waals surface area contributed by atoms with Gasteiger partial charge in [-0.15, -0.1) is 0 Å². The molecule has 3 rings (SSSR count). The van der Waals surface area contributed by atoms with Gasteiger partial charge in [0.05, 0.1) is 25.2 Å². The molecule has 174 valence electrons. The molecular formula is C19H29N2O9P. The summed E-state index contributed by atoms with van der Waals surface area (Å²) in [6.07, 6.45) is -0.620. The van der Waals surface area contributed by atoms with Crippen LogP contribution in [-0.2, 0) is 32.4 Å². The van der Waals surface area contributed by atoms with Crippen LogP contribution in [-0.4, -0.2) is 47.0 Å². The Balaban J connectivity index is 1.65. The fourth-order valence-electron chi connectivity index (χ4n) is 3.61. The van der Waals surface area contributed by atoms with Gasteiger partial charge in [0.25, 0.3) is 5.56 Å². The molecular weight excluding hydrogens is 431 g/mol. The number of carbonyl (C=O) groups is 1. The van der Waals surface area contributed by atoms with E-state index in [-0.39, 0.29) is 31.7 Å². The molecule has 0 aliphatic carbocycles. The second-order valence-electron chi connectivity index (χ2n) is 8.64. The number of fused-ring (bicyclic) bond motifs is 1. The highest BCUT2D eigenvalue weighted by Gasteiger charge is 2.58. The number of carbonyl (C=O) groups excluding carboxylic acids is 1. The SMILES string of the molecule is CC(C)OC(=O)C(C)CCO[P@@]1(=O)OC[C@H]2O[C@@H](n3ccc(=O)[nH]c3=O)C(C)(C)[C@@H]2O1. The quantitative estimate of drug-likeness (QED) is 0.478. The molecule has 1 unspecified atom stereocenters. The predicted octanol–water partition coefficient (Wildman–Crippen LogP) is 1.98. The van der Waals surface area contributed by atoms with Crippen LogP contribution in [0.5, 0.6) is 0 Å². The summed E-state index contributed by atoms with van der Waals surface area (Å²) < 4.78 is 41.8. The summed E-state index contributed by atoms with van der Waals surface area (Å²) in [6.45, 7) is 8.76. The second-order valence-corrected chi connectivity index (χ2v) is 10.3. The maximum Gasteiger partial charge on any atom is 0.475 e. The van der Waals surface area contributed by atoms with Crippen LogP contribution < -0.4 is 11.2 Å². The minimum absolute atomic E-state index is 0.0207. The number of phosphoric ester groups is 1. The molecule has 0 radical (unpaired) electrons. The average molecular weight is 460 g/mol. The average Bonchev–Trinajstić information content (AvgIpc) is 2.91. The van der Waals surface area contributed by atoms with Gasteiger partial charge >= 0.3 is 19.5 Å². The molecule has 31 heavy (non-hydrogen) atoms. The minimum Gasteiger partial charge on any atom is -0.463 e. The third kappa shape index (κ3) is 5.18. The molecule has 0 saturated carbocycles. The van der Waals surface area contributed by atoms with E-state index >= 15 is 0 Å². The van der Waals surface area contributed by atoms with Crippen molar-refractivity contribution < 1.29 is 32.4 Å². The van der Waals surface area contributed by atoms with Gasteiger partial charge in [-0.05, 0) is 20.3 Å². The number of nitrogens with zero attached hydrogens (tertiary/aromatic N) is 1. The van der Waals surface area contributed by atoms with Crippen LogP contribution in [0.2, 0.25) is 0 Å². The highest BCUT2D eigenvalue weighted by molar-refractivity contribution is 7.48. The van der Waals surface area contributed by atoms with Gasteiger partial charge in [-0.2, -0.15) is 0 Å². The number of aromatic amines is 1. The summed E-state index contributed by atoms with van der Waals surface area (Å²) in [4.78, 5) is 37.7.